The van der Waals surface area contributed by atoms with Crippen LogP contribution in [0.2, 0.25) is 0 Å². The largest absolute Gasteiger partial charge is 0.496 e. The minimum Gasteiger partial charge on any atom is -0.496 e. The van der Waals surface area contributed by atoms with Crippen molar-refractivity contribution in [3.05, 3.63) is 28.3 Å². The van der Waals surface area contributed by atoms with Crippen molar-refractivity contribution in [1.29, 1.82) is 5.26 Å². The Bertz CT molecular complexity index is 443. The van der Waals surface area contributed by atoms with Crippen molar-refractivity contribution in [2.75, 3.05) is 7.11 Å². The summed E-state index contributed by atoms with van der Waals surface area (Å²) in [6, 6.07) is 4.54. The van der Waals surface area contributed by atoms with E-state index >= 15 is 0 Å². The quantitative estimate of drug-likeness (QED) is 0.791. The number of nitriles is 1. The fourth-order valence-electron chi connectivity index (χ4n) is 2.16. The average Bonchev–Trinajstić information content (AvgIpc) is 2.32. The van der Waals surface area contributed by atoms with Crippen molar-refractivity contribution in [3.63, 3.8) is 0 Å². The minimum absolute atomic E-state index is 0.0738. The lowest BCUT2D eigenvalue weighted by atomic mass is 9.91. The summed E-state index contributed by atoms with van der Waals surface area (Å²) in [5, 5.41) is 9.07. The summed E-state index contributed by atoms with van der Waals surface area (Å²) < 4.78 is 5.52. The van der Waals surface area contributed by atoms with Crippen molar-refractivity contribution in [1.82, 2.24) is 0 Å². The molecule has 0 bridgehead atoms. The van der Waals surface area contributed by atoms with Gasteiger partial charge in [0.15, 0.2) is 0 Å². The smallest absolute Gasteiger partial charge is 0.125 e. The molecular formula is C15H21NO. The van der Waals surface area contributed by atoms with Crippen LogP contribution in [-0.2, 0) is 6.42 Å². The lowest BCUT2D eigenvalue weighted by Crippen LogP contribution is -2.06. The number of ether oxygens (including phenoxy) is 1. The van der Waals surface area contributed by atoms with Gasteiger partial charge >= 0.3 is 0 Å². The van der Waals surface area contributed by atoms with Crippen molar-refractivity contribution in [3.8, 4) is 11.8 Å². The molecule has 1 atom stereocenters. The van der Waals surface area contributed by atoms with Crippen LogP contribution >= 0.6 is 0 Å². The van der Waals surface area contributed by atoms with Gasteiger partial charge in [-0.2, -0.15) is 5.26 Å². The summed E-state index contributed by atoms with van der Waals surface area (Å²) in [5.41, 5.74) is 4.83. The van der Waals surface area contributed by atoms with Gasteiger partial charge in [-0.15, -0.1) is 0 Å². The zero-order valence-electron chi connectivity index (χ0n) is 11.4. The SMILES string of the molecule is CCC(C#N)Cc1c(C)cc(C)c(C)c1OC. The lowest BCUT2D eigenvalue weighted by Gasteiger charge is -2.18. The summed E-state index contributed by atoms with van der Waals surface area (Å²) in [5.74, 6) is 1.03. The topological polar surface area (TPSA) is 33.0 Å². The van der Waals surface area contributed by atoms with Crippen molar-refractivity contribution >= 4 is 0 Å². The van der Waals surface area contributed by atoms with Gasteiger partial charge in [0.05, 0.1) is 19.1 Å². The molecule has 0 radical (unpaired) electrons. The van der Waals surface area contributed by atoms with Crippen LogP contribution in [0.15, 0.2) is 6.07 Å². The molecule has 0 N–H and O–H groups in total. The molecule has 1 rings (SSSR count). The molecule has 17 heavy (non-hydrogen) atoms. The van der Waals surface area contributed by atoms with Crippen LogP contribution in [0.3, 0.4) is 0 Å². The van der Waals surface area contributed by atoms with Crippen LogP contribution in [0.25, 0.3) is 0 Å². The molecule has 0 aliphatic carbocycles. The molecule has 0 spiro atoms. The molecule has 1 unspecified atom stereocenters. The summed E-state index contributed by atoms with van der Waals surface area (Å²) >= 11 is 0. The monoisotopic (exact) mass is 231 g/mol. The van der Waals surface area contributed by atoms with E-state index in [9.17, 15) is 0 Å². The molecule has 0 saturated heterocycles. The molecule has 0 aliphatic heterocycles. The molecule has 92 valence electrons. The number of hydrogen-bond acceptors (Lipinski definition) is 2. The second kappa shape index (κ2) is 5.72. The standard InChI is InChI=1S/C15H21NO/c1-6-13(9-16)8-14-11(3)7-10(2)12(4)15(14)17-5/h7,13H,6,8H2,1-5H3. The van der Waals surface area contributed by atoms with Gasteiger partial charge in [0.2, 0.25) is 0 Å². The molecule has 2 heteroatoms. The molecule has 1 aromatic carbocycles. The molecule has 2 nitrogen and oxygen atoms in total. The van der Waals surface area contributed by atoms with E-state index in [1.807, 2.05) is 0 Å². The third-order valence-electron chi connectivity index (χ3n) is 3.45. The average molecular weight is 231 g/mol. The number of rotatable bonds is 4. The summed E-state index contributed by atoms with van der Waals surface area (Å²) in [6.07, 6.45) is 1.66. The zero-order valence-corrected chi connectivity index (χ0v) is 11.4. The molecule has 0 aliphatic rings. The maximum absolute atomic E-state index is 9.07. The molecule has 0 saturated carbocycles. The van der Waals surface area contributed by atoms with Gasteiger partial charge in [-0.05, 0) is 55.9 Å². The normalized spacial score (nSPS) is 12.0. The van der Waals surface area contributed by atoms with E-state index in [1.165, 1.54) is 22.3 Å². The Morgan fingerprint density at radius 1 is 1.29 bits per heavy atom. The maximum Gasteiger partial charge on any atom is 0.125 e. The van der Waals surface area contributed by atoms with Gasteiger partial charge in [0, 0.05) is 0 Å². The fraction of sp³-hybridized carbons (Fsp3) is 0.533. The first-order chi connectivity index (χ1) is 8.04. The van der Waals surface area contributed by atoms with Crippen molar-refractivity contribution in [2.24, 2.45) is 5.92 Å². The Morgan fingerprint density at radius 2 is 1.94 bits per heavy atom. The van der Waals surface area contributed by atoms with E-state index in [0.29, 0.717) is 0 Å². The van der Waals surface area contributed by atoms with Crippen LogP contribution in [0, 0.1) is 38.0 Å². The lowest BCUT2D eigenvalue weighted by molar-refractivity contribution is 0.403. The molecule has 0 heterocycles. The summed E-state index contributed by atoms with van der Waals surface area (Å²) in [7, 11) is 1.71. The Kier molecular flexibility index (Phi) is 4.57. The van der Waals surface area contributed by atoms with Gasteiger partial charge < -0.3 is 4.74 Å². The van der Waals surface area contributed by atoms with E-state index in [2.05, 4.69) is 39.8 Å². The third kappa shape index (κ3) is 2.79. The third-order valence-corrected chi connectivity index (χ3v) is 3.45. The second-order valence-corrected chi connectivity index (χ2v) is 4.59. The first kappa shape index (κ1) is 13.6. The van der Waals surface area contributed by atoms with Crippen molar-refractivity contribution < 1.29 is 4.74 Å². The van der Waals surface area contributed by atoms with Gasteiger partial charge in [-0.1, -0.05) is 13.0 Å². The van der Waals surface area contributed by atoms with E-state index in [0.717, 1.165) is 18.6 Å². The maximum atomic E-state index is 9.07. The molecular weight excluding hydrogens is 210 g/mol. The van der Waals surface area contributed by atoms with Gasteiger partial charge in [-0.3, -0.25) is 0 Å². The van der Waals surface area contributed by atoms with Crippen molar-refractivity contribution in [2.45, 2.75) is 40.5 Å². The molecule has 0 fully saturated rings. The minimum atomic E-state index is 0.0738. The van der Waals surface area contributed by atoms with E-state index in [1.54, 1.807) is 7.11 Å². The van der Waals surface area contributed by atoms with E-state index in [4.69, 9.17) is 10.00 Å². The van der Waals surface area contributed by atoms with Crippen LogP contribution in [0.1, 0.15) is 35.6 Å². The first-order valence-electron chi connectivity index (χ1n) is 6.08. The predicted molar refractivity (Wildman–Crippen MR) is 70.3 cm³/mol. The number of hydrogen-bond donors (Lipinski definition) is 0. The van der Waals surface area contributed by atoms with Crippen LogP contribution in [0.4, 0.5) is 0 Å². The first-order valence-corrected chi connectivity index (χ1v) is 6.08. The summed E-state index contributed by atoms with van der Waals surface area (Å²) in [6.45, 7) is 8.31. The fourth-order valence-corrected chi connectivity index (χ4v) is 2.16. The Hall–Kier alpha value is -1.49. The highest BCUT2D eigenvalue weighted by Gasteiger charge is 2.16. The highest BCUT2D eigenvalue weighted by atomic mass is 16.5. The molecule has 0 amide bonds. The van der Waals surface area contributed by atoms with Gasteiger partial charge in [0.25, 0.3) is 0 Å². The van der Waals surface area contributed by atoms with Crippen LogP contribution in [-0.4, -0.2) is 7.11 Å². The predicted octanol–water partition coefficient (Wildman–Crippen LogP) is 3.71. The van der Waals surface area contributed by atoms with Crippen LogP contribution < -0.4 is 4.74 Å². The van der Waals surface area contributed by atoms with E-state index in [-0.39, 0.29) is 5.92 Å². The molecule has 0 aromatic heterocycles. The Labute approximate surface area is 104 Å². The van der Waals surface area contributed by atoms with E-state index < -0.39 is 0 Å². The Balaban J connectivity index is 3.23. The number of aryl methyl sites for hydroxylation is 2. The zero-order chi connectivity index (χ0) is 13.0. The van der Waals surface area contributed by atoms with Gasteiger partial charge in [-0.25, -0.2) is 0 Å². The number of methoxy groups -OCH3 is 1. The second-order valence-electron chi connectivity index (χ2n) is 4.59. The van der Waals surface area contributed by atoms with Crippen LogP contribution in [0.5, 0.6) is 5.75 Å². The molecule has 1 aromatic rings. The van der Waals surface area contributed by atoms with Gasteiger partial charge in [0.1, 0.15) is 5.75 Å². The number of benzene rings is 1. The highest BCUT2D eigenvalue weighted by Crippen LogP contribution is 2.31. The summed E-state index contributed by atoms with van der Waals surface area (Å²) in [4.78, 5) is 0. The number of nitrogens with zero attached hydrogens (tertiary/aromatic N) is 1. The Morgan fingerprint density at radius 3 is 2.41 bits per heavy atom. The highest BCUT2D eigenvalue weighted by molar-refractivity contribution is 5.50.